The Bertz CT molecular complexity index is 498. The molecule has 1 atom stereocenters. The molecule has 19 heavy (non-hydrogen) atoms. The number of ether oxygens (including phenoxy) is 2. The number of benzene rings is 1. The lowest BCUT2D eigenvalue weighted by molar-refractivity contribution is -0.144. The topological polar surface area (TPSA) is 72.8 Å². The number of thioether (sulfide) groups is 1. The summed E-state index contributed by atoms with van der Waals surface area (Å²) in [5.41, 5.74) is 0.346. The molecule has 104 valence electrons. The fraction of sp³-hybridized carbons (Fsp3) is 0.385. The van der Waals surface area contributed by atoms with E-state index in [1.807, 2.05) is 6.26 Å². The molecular weight excluding hydrogens is 268 g/mol. The number of carbonyl (C=O) groups is 2. The average Bonchev–Trinajstić information content (AvgIpc) is 2.37. The van der Waals surface area contributed by atoms with Crippen LogP contribution in [0.5, 0.6) is 11.5 Å². The van der Waals surface area contributed by atoms with Crippen molar-refractivity contribution in [3.8, 4) is 11.5 Å². The molecule has 0 fully saturated rings. The molecular formula is C13H16O5S. The summed E-state index contributed by atoms with van der Waals surface area (Å²) in [4.78, 5) is 23.2. The second kappa shape index (κ2) is 6.47. The van der Waals surface area contributed by atoms with Gasteiger partial charge in [0.2, 0.25) is 0 Å². The van der Waals surface area contributed by atoms with Crippen LogP contribution in [-0.4, -0.2) is 36.3 Å². The summed E-state index contributed by atoms with van der Waals surface area (Å²) in [6.45, 7) is 2.81. The first kappa shape index (κ1) is 15.4. The van der Waals surface area contributed by atoms with Gasteiger partial charge in [0.15, 0.2) is 11.9 Å². The number of ketones is 1. The molecule has 1 unspecified atom stereocenters. The highest BCUT2D eigenvalue weighted by molar-refractivity contribution is 7.98. The van der Waals surface area contributed by atoms with E-state index >= 15 is 0 Å². The van der Waals surface area contributed by atoms with E-state index in [4.69, 9.17) is 14.6 Å². The number of aliphatic carboxylic acids is 1. The van der Waals surface area contributed by atoms with Crippen molar-refractivity contribution in [2.75, 3.05) is 13.4 Å². The van der Waals surface area contributed by atoms with Gasteiger partial charge in [-0.2, -0.15) is 0 Å². The molecule has 0 amide bonds. The van der Waals surface area contributed by atoms with Gasteiger partial charge in [0, 0.05) is 6.07 Å². The third kappa shape index (κ3) is 3.64. The van der Waals surface area contributed by atoms with E-state index in [9.17, 15) is 9.59 Å². The Kier molecular flexibility index (Phi) is 5.23. The van der Waals surface area contributed by atoms with Gasteiger partial charge in [0.1, 0.15) is 11.5 Å². The van der Waals surface area contributed by atoms with Crippen molar-refractivity contribution in [3.05, 3.63) is 17.7 Å². The second-order valence-electron chi connectivity index (χ2n) is 3.86. The van der Waals surface area contributed by atoms with Crippen LogP contribution in [0.2, 0.25) is 0 Å². The summed E-state index contributed by atoms with van der Waals surface area (Å²) >= 11 is 1.44. The zero-order valence-electron chi connectivity index (χ0n) is 11.2. The summed E-state index contributed by atoms with van der Waals surface area (Å²) in [5.74, 6) is -0.518. The first-order valence-corrected chi connectivity index (χ1v) is 6.79. The number of carboxylic acids is 1. The van der Waals surface area contributed by atoms with Crippen molar-refractivity contribution in [2.45, 2.75) is 24.8 Å². The summed E-state index contributed by atoms with van der Waals surface area (Å²) in [5, 5.41) is 8.85. The molecule has 1 aromatic carbocycles. The van der Waals surface area contributed by atoms with Gasteiger partial charge in [-0.1, -0.05) is 0 Å². The van der Waals surface area contributed by atoms with E-state index in [-0.39, 0.29) is 11.5 Å². The van der Waals surface area contributed by atoms with Gasteiger partial charge in [0.25, 0.3) is 0 Å². The van der Waals surface area contributed by atoms with Crippen LogP contribution in [-0.2, 0) is 4.79 Å². The monoisotopic (exact) mass is 284 g/mol. The average molecular weight is 284 g/mol. The Morgan fingerprint density at radius 3 is 2.37 bits per heavy atom. The largest absolute Gasteiger partial charge is 0.495 e. The number of carbonyl (C=O) groups excluding carboxylic acids is 1. The maximum atomic E-state index is 11.6. The first-order valence-electron chi connectivity index (χ1n) is 5.57. The zero-order valence-corrected chi connectivity index (χ0v) is 12.0. The third-order valence-electron chi connectivity index (χ3n) is 2.52. The number of rotatable bonds is 6. The lowest BCUT2D eigenvalue weighted by Crippen LogP contribution is -2.23. The number of methoxy groups -OCH3 is 1. The fourth-order valence-corrected chi connectivity index (χ4v) is 2.05. The standard InChI is InChI=1S/C13H16O5S/c1-7(14)9-5-12(19-4)11(17-3)6-10(9)18-8(2)13(15)16/h5-6,8H,1-4H3,(H,15,16). The van der Waals surface area contributed by atoms with Crippen LogP contribution in [0, 0.1) is 0 Å². The molecule has 0 bridgehead atoms. The summed E-state index contributed by atoms with van der Waals surface area (Å²) in [6.07, 6.45) is 0.824. The molecule has 0 radical (unpaired) electrons. The van der Waals surface area contributed by atoms with Crippen LogP contribution >= 0.6 is 11.8 Å². The highest BCUT2D eigenvalue weighted by atomic mass is 32.2. The van der Waals surface area contributed by atoms with Gasteiger partial charge in [-0.3, -0.25) is 4.79 Å². The second-order valence-corrected chi connectivity index (χ2v) is 4.71. The summed E-state index contributed by atoms with van der Waals surface area (Å²) in [6, 6.07) is 3.19. The Morgan fingerprint density at radius 2 is 1.95 bits per heavy atom. The third-order valence-corrected chi connectivity index (χ3v) is 3.28. The minimum atomic E-state index is -1.09. The van der Waals surface area contributed by atoms with E-state index < -0.39 is 12.1 Å². The normalized spacial score (nSPS) is 11.8. The Hall–Kier alpha value is -1.69. The molecule has 0 heterocycles. The zero-order chi connectivity index (χ0) is 14.6. The highest BCUT2D eigenvalue weighted by Crippen LogP contribution is 2.35. The summed E-state index contributed by atoms with van der Waals surface area (Å²) < 4.78 is 10.5. The van der Waals surface area contributed by atoms with Gasteiger partial charge in [-0.05, 0) is 26.2 Å². The molecule has 1 rings (SSSR count). The van der Waals surface area contributed by atoms with Gasteiger partial charge in [-0.15, -0.1) is 11.8 Å². The number of hydrogen-bond donors (Lipinski definition) is 1. The molecule has 0 saturated carbocycles. The van der Waals surface area contributed by atoms with Crippen molar-refractivity contribution in [1.82, 2.24) is 0 Å². The van der Waals surface area contributed by atoms with E-state index in [1.54, 1.807) is 12.1 Å². The molecule has 1 aromatic rings. The minimum absolute atomic E-state index is 0.189. The van der Waals surface area contributed by atoms with E-state index in [0.29, 0.717) is 11.3 Å². The fourth-order valence-electron chi connectivity index (χ4n) is 1.47. The number of carboxylic acid groups (broad SMARTS) is 1. The van der Waals surface area contributed by atoms with Gasteiger partial charge >= 0.3 is 5.97 Å². The SMILES string of the molecule is COc1cc(OC(C)C(=O)O)c(C(C)=O)cc1SC. The van der Waals surface area contributed by atoms with Crippen molar-refractivity contribution in [1.29, 1.82) is 0 Å². The minimum Gasteiger partial charge on any atom is -0.495 e. The van der Waals surface area contributed by atoms with Crippen LogP contribution in [0.15, 0.2) is 17.0 Å². The Morgan fingerprint density at radius 1 is 1.32 bits per heavy atom. The van der Waals surface area contributed by atoms with Crippen LogP contribution in [0.25, 0.3) is 0 Å². The first-order chi connectivity index (χ1) is 8.90. The van der Waals surface area contributed by atoms with Crippen LogP contribution < -0.4 is 9.47 Å². The van der Waals surface area contributed by atoms with E-state index in [0.717, 1.165) is 4.90 Å². The van der Waals surface area contributed by atoms with Crippen molar-refractivity contribution >= 4 is 23.5 Å². The molecule has 0 aliphatic rings. The molecule has 6 heteroatoms. The van der Waals surface area contributed by atoms with Gasteiger partial charge < -0.3 is 14.6 Å². The number of Topliss-reactive ketones (excluding diaryl/α,β-unsaturated/α-hetero) is 1. The maximum Gasteiger partial charge on any atom is 0.344 e. The molecule has 0 spiro atoms. The quantitative estimate of drug-likeness (QED) is 0.639. The van der Waals surface area contributed by atoms with E-state index in [1.165, 1.54) is 32.7 Å². The van der Waals surface area contributed by atoms with Crippen LogP contribution in [0.4, 0.5) is 0 Å². The van der Waals surface area contributed by atoms with Gasteiger partial charge in [0.05, 0.1) is 17.6 Å². The van der Waals surface area contributed by atoms with E-state index in [2.05, 4.69) is 0 Å². The lowest BCUT2D eigenvalue weighted by Gasteiger charge is -2.16. The molecule has 5 nitrogen and oxygen atoms in total. The molecule has 0 saturated heterocycles. The van der Waals surface area contributed by atoms with Crippen molar-refractivity contribution < 1.29 is 24.2 Å². The van der Waals surface area contributed by atoms with Crippen molar-refractivity contribution in [2.24, 2.45) is 0 Å². The number of hydrogen-bond acceptors (Lipinski definition) is 5. The maximum absolute atomic E-state index is 11.6. The predicted octanol–water partition coefficient (Wildman–Crippen LogP) is 2.47. The predicted molar refractivity (Wildman–Crippen MR) is 72.5 cm³/mol. The molecule has 0 aliphatic carbocycles. The lowest BCUT2D eigenvalue weighted by atomic mass is 10.1. The smallest absolute Gasteiger partial charge is 0.344 e. The Labute approximate surface area is 115 Å². The Balaban J connectivity index is 3.27. The highest BCUT2D eigenvalue weighted by Gasteiger charge is 2.19. The summed E-state index contributed by atoms with van der Waals surface area (Å²) in [7, 11) is 1.51. The van der Waals surface area contributed by atoms with Gasteiger partial charge in [-0.25, -0.2) is 4.79 Å². The van der Waals surface area contributed by atoms with Crippen LogP contribution in [0.3, 0.4) is 0 Å². The van der Waals surface area contributed by atoms with Crippen LogP contribution in [0.1, 0.15) is 24.2 Å². The van der Waals surface area contributed by atoms with Crippen molar-refractivity contribution in [3.63, 3.8) is 0 Å². The molecule has 0 aromatic heterocycles. The molecule has 0 aliphatic heterocycles. The molecule has 1 N–H and O–H groups in total.